The second-order valence-corrected chi connectivity index (χ2v) is 7.20. The number of nitrogens with zero attached hydrogens (tertiary/aromatic N) is 3. The predicted molar refractivity (Wildman–Crippen MR) is 97.9 cm³/mol. The molecular formula is C15H14BrClN4OS. The van der Waals surface area contributed by atoms with E-state index in [1.54, 1.807) is 0 Å². The van der Waals surface area contributed by atoms with E-state index in [-0.39, 0.29) is 5.56 Å². The summed E-state index contributed by atoms with van der Waals surface area (Å²) in [5, 5.41) is 8.90. The molecule has 1 N–H and O–H groups in total. The van der Waals surface area contributed by atoms with Gasteiger partial charge in [-0.15, -0.1) is 5.10 Å². The van der Waals surface area contributed by atoms with Crippen molar-refractivity contribution in [1.29, 1.82) is 0 Å². The van der Waals surface area contributed by atoms with Crippen molar-refractivity contribution < 1.29 is 0 Å². The van der Waals surface area contributed by atoms with Gasteiger partial charge < -0.3 is 5.32 Å². The van der Waals surface area contributed by atoms with Crippen LogP contribution in [-0.4, -0.2) is 21.1 Å². The Morgan fingerprint density at radius 2 is 2.22 bits per heavy atom. The zero-order valence-corrected chi connectivity index (χ0v) is 15.5. The lowest BCUT2D eigenvalue weighted by molar-refractivity contribution is 0.872. The van der Waals surface area contributed by atoms with Gasteiger partial charge in [0.2, 0.25) is 10.1 Å². The smallest absolute Gasteiger partial charge is 0.275 e. The lowest BCUT2D eigenvalue weighted by Gasteiger charge is -2.05. The molecule has 0 fully saturated rings. The van der Waals surface area contributed by atoms with E-state index in [4.69, 9.17) is 11.6 Å². The van der Waals surface area contributed by atoms with Crippen LogP contribution in [-0.2, 0) is 12.8 Å². The second kappa shape index (κ2) is 6.98. The van der Waals surface area contributed by atoms with Gasteiger partial charge in [0.25, 0.3) is 5.56 Å². The highest BCUT2D eigenvalue weighted by Gasteiger charge is 2.08. The van der Waals surface area contributed by atoms with Crippen molar-refractivity contribution in [3.63, 3.8) is 0 Å². The number of aromatic nitrogens is 3. The summed E-state index contributed by atoms with van der Waals surface area (Å²) < 4.78 is 2.36. The Bertz CT molecular complexity index is 908. The van der Waals surface area contributed by atoms with Crippen molar-refractivity contribution in [2.75, 3.05) is 11.9 Å². The van der Waals surface area contributed by atoms with E-state index in [0.717, 1.165) is 28.6 Å². The Morgan fingerprint density at radius 3 is 3.00 bits per heavy atom. The van der Waals surface area contributed by atoms with Gasteiger partial charge in [-0.05, 0) is 36.6 Å². The van der Waals surface area contributed by atoms with Gasteiger partial charge in [-0.1, -0.05) is 45.8 Å². The summed E-state index contributed by atoms with van der Waals surface area (Å²) >= 11 is 10.9. The van der Waals surface area contributed by atoms with E-state index < -0.39 is 0 Å². The van der Waals surface area contributed by atoms with Crippen LogP contribution in [0.2, 0.25) is 5.02 Å². The average molecular weight is 414 g/mol. The number of fused-ring (bicyclic) bond motifs is 1. The van der Waals surface area contributed by atoms with Crippen molar-refractivity contribution in [2.24, 2.45) is 0 Å². The lowest BCUT2D eigenvalue weighted by Crippen LogP contribution is -2.15. The third kappa shape index (κ3) is 3.73. The Balaban J connectivity index is 1.73. The second-order valence-electron chi connectivity index (χ2n) is 4.95. The fourth-order valence-electron chi connectivity index (χ4n) is 2.15. The van der Waals surface area contributed by atoms with E-state index in [9.17, 15) is 4.79 Å². The maximum Gasteiger partial charge on any atom is 0.275 e. The molecule has 8 heteroatoms. The molecule has 23 heavy (non-hydrogen) atoms. The molecule has 0 aliphatic carbocycles. The van der Waals surface area contributed by atoms with Crippen LogP contribution in [0, 0.1) is 0 Å². The van der Waals surface area contributed by atoms with E-state index >= 15 is 0 Å². The summed E-state index contributed by atoms with van der Waals surface area (Å²) in [6.07, 6.45) is 1.52. The van der Waals surface area contributed by atoms with E-state index in [1.807, 2.05) is 25.1 Å². The predicted octanol–water partition coefficient (Wildman–Crippen LogP) is 3.78. The van der Waals surface area contributed by atoms with Crippen LogP contribution >= 0.6 is 38.9 Å². The Morgan fingerprint density at radius 1 is 1.39 bits per heavy atom. The summed E-state index contributed by atoms with van der Waals surface area (Å²) in [5.41, 5.74) is 1.76. The average Bonchev–Trinajstić information content (AvgIpc) is 2.94. The van der Waals surface area contributed by atoms with Gasteiger partial charge >= 0.3 is 0 Å². The van der Waals surface area contributed by atoms with Crippen LogP contribution in [0.4, 0.5) is 5.13 Å². The number of nitrogens with one attached hydrogen (secondary N) is 1. The summed E-state index contributed by atoms with van der Waals surface area (Å²) in [6.45, 7) is 2.66. The Kier molecular flexibility index (Phi) is 4.99. The molecular weight excluding hydrogens is 400 g/mol. The number of hydrogen-bond acceptors (Lipinski definition) is 5. The summed E-state index contributed by atoms with van der Waals surface area (Å²) in [6, 6.07) is 7.25. The van der Waals surface area contributed by atoms with Crippen LogP contribution in [0.15, 0.2) is 33.5 Å². The first-order valence-corrected chi connectivity index (χ1v) is 9.13. The van der Waals surface area contributed by atoms with E-state index in [2.05, 4.69) is 31.3 Å². The summed E-state index contributed by atoms with van der Waals surface area (Å²) in [4.78, 5) is 17.0. The minimum atomic E-state index is -0.145. The summed E-state index contributed by atoms with van der Waals surface area (Å²) in [7, 11) is 0. The SMILES string of the molecule is CCc1cc(=O)n2nc(NCCc3cc(Cl)ccc3Br)sc2n1. The van der Waals surface area contributed by atoms with Gasteiger partial charge in [0.05, 0.1) is 0 Å². The third-order valence-corrected chi connectivity index (χ3v) is 5.21. The first kappa shape index (κ1) is 16.4. The Hall–Kier alpha value is -1.44. The quantitative estimate of drug-likeness (QED) is 0.691. The normalized spacial score (nSPS) is 11.1. The van der Waals surface area contributed by atoms with Crippen LogP contribution in [0.3, 0.4) is 0 Å². The molecule has 3 rings (SSSR count). The molecule has 0 amide bonds. The standard InChI is InChI=1S/C15H14BrClN4OS/c1-2-11-8-13(22)21-15(19-11)23-14(20-21)18-6-5-9-7-10(17)3-4-12(9)16/h3-4,7-8H,2,5-6H2,1H3,(H,18,20). The van der Waals surface area contributed by atoms with Crippen LogP contribution < -0.4 is 10.9 Å². The molecule has 0 radical (unpaired) electrons. The lowest BCUT2D eigenvalue weighted by atomic mass is 10.1. The highest BCUT2D eigenvalue weighted by Crippen LogP contribution is 2.22. The zero-order chi connectivity index (χ0) is 16.4. The number of halogens is 2. The molecule has 0 saturated heterocycles. The molecule has 5 nitrogen and oxygen atoms in total. The van der Waals surface area contributed by atoms with Gasteiger partial charge in [-0.3, -0.25) is 4.79 Å². The molecule has 0 atom stereocenters. The maximum atomic E-state index is 12.0. The van der Waals surface area contributed by atoms with Crippen molar-refractivity contribution >= 4 is 49.0 Å². The first-order chi connectivity index (χ1) is 11.1. The molecule has 120 valence electrons. The Labute approximate surface area is 150 Å². The number of aryl methyl sites for hydroxylation is 1. The van der Waals surface area contributed by atoms with Gasteiger partial charge in [-0.25, -0.2) is 4.98 Å². The molecule has 0 aliphatic heterocycles. The number of anilines is 1. The minimum absolute atomic E-state index is 0.145. The van der Waals surface area contributed by atoms with Crippen molar-refractivity contribution in [3.05, 3.63) is 55.4 Å². The topological polar surface area (TPSA) is 59.3 Å². The van der Waals surface area contributed by atoms with Crippen molar-refractivity contribution in [1.82, 2.24) is 14.6 Å². The van der Waals surface area contributed by atoms with Crippen LogP contribution in [0.1, 0.15) is 18.2 Å². The molecule has 0 saturated carbocycles. The number of hydrogen-bond donors (Lipinski definition) is 1. The molecule has 1 aromatic carbocycles. The maximum absolute atomic E-state index is 12.0. The van der Waals surface area contributed by atoms with Crippen molar-refractivity contribution in [3.8, 4) is 0 Å². The van der Waals surface area contributed by atoms with Crippen molar-refractivity contribution in [2.45, 2.75) is 19.8 Å². The van der Waals surface area contributed by atoms with Gasteiger partial charge in [-0.2, -0.15) is 4.52 Å². The number of benzene rings is 1. The monoisotopic (exact) mass is 412 g/mol. The van der Waals surface area contributed by atoms with E-state index in [1.165, 1.54) is 21.9 Å². The highest BCUT2D eigenvalue weighted by atomic mass is 79.9. The van der Waals surface area contributed by atoms with Crippen LogP contribution in [0.25, 0.3) is 4.96 Å². The largest absolute Gasteiger partial charge is 0.360 e. The molecule has 0 aliphatic rings. The zero-order valence-electron chi connectivity index (χ0n) is 12.3. The molecule has 0 bridgehead atoms. The minimum Gasteiger partial charge on any atom is -0.360 e. The fourth-order valence-corrected chi connectivity index (χ4v) is 3.64. The first-order valence-electron chi connectivity index (χ1n) is 7.14. The summed E-state index contributed by atoms with van der Waals surface area (Å²) in [5.74, 6) is 0. The van der Waals surface area contributed by atoms with E-state index in [0.29, 0.717) is 21.7 Å². The van der Waals surface area contributed by atoms with Gasteiger partial charge in [0.15, 0.2) is 0 Å². The molecule has 3 aromatic rings. The highest BCUT2D eigenvalue weighted by molar-refractivity contribution is 9.10. The molecule has 2 aromatic heterocycles. The van der Waals surface area contributed by atoms with Gasteiger partial charge in [0, 0.05) is 27.8 Å². The van der Waals surface area contributed by atoms with Crippen LogP contribution in [0.5, 0.6) is 0 Å². The number of rotatable bonds is 5. The fraction of sp³-hybridized carbons (Fsp3) is 0.267. The van der Waals surface area contributed by atoms with Gasteiger partial charge in [0.1, 0.15) is 0 Å². The molecule has 2 heterocycles. The molecule has 0 spiro atoms. The molecule has 0 unspecified atom stereocenters. The third-order valence-electron chi connectivity index (χ3n) is 3.34.